The van der Waals surface area contributed by atoms with Crippen LogP contribution < -0.4 is 25.4 Å². The fraction of sp³-hybridized carbons (Fsp3) is 0.542. The number of ether oxygens (including phenoxy) is 4. The summed E-state index contributed by atoms with van der Waals surface area (Å²) in [5.41, 5.74) is 5.91. The second-order valence-corrected chi connectivity index (χ2v) is 9.24. The average Bonchev–Trinajstić information content (AvgIpc) is 2.94. The molecule has 1 amide bonds. The molecule has 0 saturated carbocycles. The van der Waals surface area contributed by atoms with Gasteiger partial charge < -0.3 is 40.0 Å². The van der Waals surface area contributed by atoms with Gasteiger partial charge in [-0.3, -0.25) is 9.69 Å². The molecule has 0 unspecified atom stereocenters. The zero-order chi connectivity index (χ0) is 28.0. The van der Waals surface area contributed by atoms with E-state index in [1.807, 2.05) is 0 Å². The van der Waals surface area contributed by atoms with Gasteiger partial charge in [-0.25, -0.2) is 9.97 Å². The number of hydrogen-bond donors (Lipinski definition) is 3. The van der Waals surface area contributed by atoms with Gasteiger partial charge in [-0.05, 0) is 24.3 Å². The quantitative estimate of drug-likeness (QED) is 0.148. The van der Waals surface area contributed by atoms with Gasteiger partial charge in [-0.15, -0.1) is 0 Å². The van der Waals surface area contributed by atoms with E-state index in [0.29, 0.717) is 49.0 Å². The van der Waals surface area contributed by atoms with Gasteiger partial charge >= 0.3 is 0 Å². The Morgan fingerprint density at radius 1 is 1.08 bits per heavy atom. The zero-order valence-electron chi connectivity index (χ0n) is 22.3. The van der Waals surface area contributed by atoms with Crippen molar-refractivity contribution >= 4 is 35.3 Å². The molecular formula is C24H36N8O6S. The molecule has 0 aliphatic carbocycles. The number of carbonyl (C=O) groups is 1. The van der Waals surface area contributed by atoms with Crippen molar-refractivity contribution in [2.45, 2.75) is 16.5 Å². The number of hydrogen-bond acceptors (Lipinski definition) is 14. The van der Waals surface area contributed by atoms with E-state index in [-0.39, 0.29) is 23.4 Å². The number of nitrogens with zero attached hydrogens (tertiary/aromatic N) is 6. The molecular weight excluding hydrogens is 528 g/mol. The summed E-state index contributed by atoms with van der Waals surface area (Å²) < 4.78 is 21.9. The number of nitrogen functional groups attached to an aromatic ring is 1. The average molecular weight is 565 g/mol. The highest BCUT2D eigenvalue weighted by molar-refractivity contribution is 7.99. The Hall–Kier alpha value is -3.24. The molecule has 0 atom stereocenters. The Morgan fingerprint density at radius 3 is 2.36 bits per heavy atom. The maximum atomic E-state index is 11.7. The summed E-state index contributed by atoms with van der Waals surface area (Å²) in [5.74, 6) is 1.13. The Bertz CT molecular complexity index is 1060. The van der Waals surface area contributed by atoms with Crippen LogP contribution in [0.5, 0.6) is 11.8 Å². The number of nitrogens with two attached hydrogens (primary N) is 1. The SMILES string of the molecule is C=CC(=O)Nc1cc(N)nc(Sc2c(OC)nc(N3CCN(CCCOCCOCCO)CC3)nc2OC)n1. The fourth-order valence-electron chi connectivity index (χ4n) is 3.67. The van der Waals surface area contributed by atoms with Crippen molar-refractivity contribution in [2.24, 2.45) is 0 Å². The monoisotopic (exact) mass is 564 g/mol. The summed E-state index contributed by atoms with van der Waals surface area (Å²) in [5, 5.41) is 11.5. The first-order valence-corrected chi connectivity index (χ1v) is 13.3. The number of aromatic nitrogens is 4. The minimum absolute atomic E-state index is 0.0251. The topological polar surface area (TPSA) is 170 Å². The second-order valence-electron chi connectivity index (χ2n) is 8.26. The van der Waals surface area contributed by atoms with Crippen LogP contribution in [0.4, 0.5) is 17.6 Å². The molecule has 1 aliphatic rings. The highest BCUT2D eigenvalue weighted by atomic mass is 32.2. The number of piperazine rings is 1. The zero-order valence-corrected chi connectivity index (χ0v) is 23.1. The Morgan fingerprint density at radius 2 is 1.74 bits per heavy atom. The van der Waals surface area contributed by atoms with Crippen molar-refractivity contribution in [2.75, 3.05) is 95.9 Å². The van der Waals surface area contributed by atoms with Gasteiger partial charge in [-0.2, -0.15) is 9.97 Å². The Kier molecular flexibility index (Phi) is 12.4. The normalized spacial score (nSPS) is 13.8. The van der Waals surface area contributed by atoms with Crippen molar-refractivity contribution < 1.29 is 28.8 Å². The standard InChI is InChI=1S/C24H36N8O6S/c1-4-19(34)27-18-16-17(25)26-24(28-18)39-20-21(35-2)29-23(30-22(20)36-3)32-9-7-31(8-10-32)6-5-12-37-14-15-38-13-11-33/h4,16,33H,1,5-15H2,2-3H3,(H3,25,26,27,28,34). The molecule has 39 heavy (non-hydrogen) atoms. The van der Waals surface area contributed by atoms with Crippen LogP contribution in [0.2, 0.25) is 0 Å². The number of aliphatic hydroxyl groups is 1. The number of methoxy groups -OCH3 is 2. The maximum Gasteiger partial charge on any atom is 0.248 e. The molecule has 1 saturated heterocycles. The van der Waals surface area contributed by atoms with E-state index in [4.69, 9.17) is 29.8 Å². The Labute approximate surface area is 231 Å². The number of nitrogens with one attached hydrogen (secondary N) is 1. The van der Waals surface area contributed by atoms with Crippen LogP contribution in [0.3, 0.4) is 0 Å². The lowest BCUT2D eigenvalue weighted by Crippen LogP contribution is -2.47. The van der Waals surface area contributed by atoms with E-state index in [0.717, 1.165) is 57.0 Å². The minimum atomic E-state index is -0.416. The van der Waals surface area contributed by atoms with Crippen molar-refractivity contribution in [3.8, 4) is 11.8 Å². The molecule has 3 heterocycles. The van der Waals surface area contributed by atoms with Gasteiger partial charge in [0.25, 0.3) is 0 Å². The summed E-state index contributed by atoms with van der Waals surface area (Å²) in [6.07, 6.45) is 2.06. The summed E-state index contributed by atoms with van der Waals surface area (Å²) in [4.78, 5) is 34.4. The van der Waals surface area contributed by atoms with E-state index < -0.39 is 5.91 Å². The molecule has 1 aliphatic heterocycles. The molecule has 214 valence electrons. The predicted octanol–water partition coefficient (Wildman–Crippen LogP) is 0.679. The second kappa shape index (κ2) is 16.0. The number of amides is 1. The third kappa shape index (κ3) is 9.47. The van der Waals surface area contributed by atoms with Crippen molar-refractivity contribution in [1.82, 2.24) is 24.8 Å². The number of anilines is 3. The van der Waals surface area contributed by atoms with Crippen LogP contribution in [0.25, 0.3) is 0 Å². The molecule has 0 aromatic carbocycles. The minimum Gasteiger partial charge on any atom is -0.480 e. The summed E-state index contributed by atoms with van der Waals surface area (Å²) in [7, 11) is 3.04. The summed E-state index contributed by atoms with van der Waals surface area (Å²) in [6.45, 7) is 9.64. The van der Waals surface area contributed by atoms with E-state index in [1.54, 1.807) is 0 Å². The highest BCUT2D eigenvalue weighted by Crippen LogP contribution is 2.40. The summed E-state index contributed by atoms with van der Waals surface area (Å²) >= 11 is 1.12. The predicted molar refractivity (Wildman–Crippen MR) is 147 cm³/mol. The van der Waals surface area contributed by atoms with Crippen LogP contribution in [0, 0.1) is 0 Å². The largest absolute Gasteiger partial charge is 0.480 e. The van der Waals surface area contributed by atoms with E-state index in [1.165, 1.54) is 20.3 Å². The van der Waals surface area contributed by atoms with Crippen LogP contribution in [0.1, 0.15) is 6.42 Å². The van der Waals surface area contributed by atoms with Crippen molar-refractivity contribution in [3.05, 3.63) is 18.7 Å². The molecule has 14 nitrogen and oxygen atoms in total. The van der Waals surface area contributed by atoms with E-state index in [2.05, 4.69) is 41.6 Å². The van der Waals surface area contributed by atoms with Gasteiger partial charge in [0.2, 0.25) is 23.6 Å². The van der Waals surface area contributed by atoms with Crippen LogP contribution in [-0.4, -0.2) is 116 Å². The lowest BCUT2D eigenvalue weighted by atomic mass is 10.3. The van der Waals surface area contributed by atoms with Gasteiger partial charge in [0.15, 0.2) is 5.16 Å². The number of rotatable bonds is 16. The maximum absolute atomic E-state index is 11.7. The van der Waals surface area contributed by atoms with Crippen LogP contribution >= 0.6 is 11.8 Å². The third-order valence-electron chi connectivity index (χ3n) is 5.56. The lowest BCUT2D eigenvalue weighted by Gasteiger charge is -2.34. The first-order chi connectivity index (χ1) is 19.0. The molecule has 3 rings (SSSR count). The first-order valence-electron chi connectivity index (χ1n) is 12.5. The molecule has 0 bridgehead atoms. The van der Waals surface area contributed by atoms with E-state index >= 15 is 0 Å². The van der Waals surface area contributed by atoms with E-state index in [9.17, 15) is 4.79 Å². The van der Waals surface area contributed by atoms with Crippen LogP contribution in [-0.2, 0) is 14.3 Å². The fourth-order valence-corrected chi connectivity index (χ4v) is 4.58. The number of carbonyl (C=O) groups excluding carboxylic acids is 1. The molecule has 0 radical (unpaired) electrons. The summed E-state index contributed by atoms with van der Waals surface area (Å²) in [6, 6.07) is 1.45. The highest BCUT2D eigenvalue weighted by Gasteiger charge is 2.24. The van der Waals surface area contributed by atoms with Gasteiger partial charge in [0.1, 0.15) is 16.5 Å². The smallest absolute Gasteiger partial charge is 0.248 e. The van der Waals surface area contributed by atoms with Crippen molar-refractivity contribution in [3.63, 3.8) is 0 Å². The molecule has 0 spiro atoms. The van der Waals surface area contributed by atoms with Gasteiger partial charge in [0, 0.05) is 45.4 Å². The van der Waals surface area contributed by atoms with Crippen molar-refractivity contribution in [1.29, 1.82) is 0 Å². The number of aliphatic hydroxyl groups excluding tert-OH is 1. The lowest BCUT2D eigenvalue weighted by molar-refractivity contribution is -0.111. The first kappa shape index (κ1) is 30.3. The molecule has 15 heteroatoms. The van der Waals surface area contributed by atoms with Crippen LogP contribution in [0.15, 0.2) is 28.8 Å². The van der Waals surface area contributed by atoms with Gasteiger partial charge in [-0.1, -0.05) is 6.58 Å². The van der Waals surface area contributed by atoms with Gasteiger partial charge in [0.05, 0.1) is 40.6 Å². The third-order valence-corrected chi connectivity index (χ3v) is 6.48. The molecule has 2 aromatic heterocycles. The molecule has 4 N–H and O–H groups in total. The Balaban J connectivity index is 1.59. The molecule has 1 fully saturated rings. The molecule has 2 aromatic rings.